The van der Waals surface area contributed by atoms with Crippen molar-refractivity contribution in [2.24, 2.45) is 0 Å². The maximum absolute atomic E-state index is 13.0. The molecule has 2 unspecified atom stereocenters. The molecule has 4 heteroatoms. The second kappa shape index (κ2) is 7.87. The van der Waals surface area contributed by atoms with Crippen LogP contribution in [0.25, 0.3) is 0 Å². The molecule has 0 amide bonds. The molecule has 0 aromatic heterocycles. The predicted molar refractivity (Wildman–Crippen MR) is 76.4 cm³/mol. The number of hydrogen-bond acceptors (Lipinski definition) is 2. The summed E-state index contributed by atoms with van der Waals surface area (Å²) in [5.74, 6) is -0.219. The van der Waals surface area contributed by atoms with Gasteiger partial charge in [-0.3, -0.25) is 0 Å². The lowest BCUT2D eigenvalue weighted by Crippen LogP contribution is -2.40. The Hall–Kier alpha value is -0.450. The molecule has 0 heterocycles. The zero-order valence-corrected chi connectivity index (χ0v) is 12.8. The highest BCUT2D eigenvalue weighted by molar-refractivity contribution is 9.10. The van der Waals surface area contributed by atoms with Crippen molar-refractivity contribution in [2.45, 2.75) is 38.3 Å². The van der Waals surface area contributed by atoms with E-state index in [1.54, 1.807) is 7.11 Å². The summed E-state index contributed by atoms with van der Waals surface area (Å²) in [5.41, 5.74) is 1.09. The van der Waals surface area contributed by atoms with Crippen LogP contribution >= 0.6 is 15.9 Å². The molecule has 0 spiro atoms. The number of halogens is 2. The molecule has 0 saturated carbocycles. The van der Waals surface area contributed by atoms with E-state index in [0.29, 0.717) is 0 Å². The lowest BCUT2D eigenvalue weighted by Gasteiger charge is -2.26. The lowest BCUT2D eigenvalue weighted by molar-refractivity contribution is 0.0632. The van der Waals surface area contributed by atoms with E-state index in [2.05, 4.69) is 28.2 Å². The van der Waals surface area contributed by atoms with E-state index in [9.17, 15) is 4.39 Å². The molecule has 2 atom stereocenters. The molecule has 1 aromatic rings. The number of benzene rings is 1. The van der Waals surface area contributed by atoms with Gasteiger partial charge in [-0.05, 0) is 37.6 Å². The third kappa shape index (κ3) is 4.34. The van der Waals surface area contributed by atoms with Gasteiger partial charge in [-0.2, -0.15) is 0 Å². The van der Waals surface area contributed by atoms with Crippen molar-refractivity contribution in [2.75, 3.05) is 14.2 Å². The fraction of sp³-hybridized carbons (Fsp3) is 0.571. The average molecular weight is 318 g/mol. The van der Waals surface area contributed by atoms with Gasteiger partial charge in [0.25, 0.3) is 0 Å². The Balaban J connectivity index is 2.78. The van der Waals surface area contributed by atoms with Crippen molar-refractivity contribution >= 4 is 15.9 Å². The normalized spacial score (nSPS) is 14.5. The van der Waals surface area contributed by atoms with Crippen LogP contribution in [0.5, 0.6) is 0 Å². The van der Waals surface area contributed by atoms with Gasteiger partial charge in [0.1, 0.15) is 5.82 Å². The maximum atomic E-state index is 13.0. The second-order valence-corrected chi connectivity index (χ2v) is 5.25. The standard InChI is InChI=1S/C14H21BrFNO/c1-4-5-14(18-3)13(17-2)8-10-6-7-11(16)9-12(10)15/h6-7,9,13-14,17H,4-5,8H2,1-3H3. The highest BCUT2D eigenvalue weighted by Gasteiger charge is 2.20. The summed E-state index contributed by atoms with van der Waals surface area (Å²) < 4.78 is 19.4. The van der Waals surface area contributed by atoms with E-state index in [4.69, 9.17) is 4.74 Å². The van der Waals surface area contributed by atoms with Crippen LogP contribution in [0, 0.1) is 5.82 Å². The zero-order valence-electron chi connectivity index (χ0n) is 11.2. The van der Waals surface area contributed by atoms with Crippen LogP contribution < -0.4 is 5.32 Å². The van der Waals surface area contributed by atoms with Gasteiger partial charge >= 0.3 is 0 Å². The van der Waals surface area contributed by atoms with Crippen LogP contribution in [0.1, 0.15) is 25.3 Å². The largest absolute Gasteiger partial charge is 0.380 e. The van der Waals surface area contributed by atoms with Crippen LogP contribution in [-0.4, -0.2) is 26.3 Å². The first-order valence-corrected chi connectivity index (χ1v) is 7.05. The highest BCUT2D eigenvalue weighted by Crippen LogP contribution is 2.21. The van der Waals surface area contributed by atoms with Gasteiger partial charge in [0, 0.05) is 17.6 Å². The molecular weight excluding hydrogens is 297 g/mol. The number of methoxy groups -OCH3 is 1. The van der Waals surface area contributed by atoms with Crippen LogP contribution in [0.4, 0.5) is 4.39 Å². The Labute approximate surface area is 117 Å². The van der Waals surface area contributed by atoms with Crippen molar-refractivity contribution < 1.29 is 9.13 Å². The van der Waals surface area contributed by atoms with E-state index in [-0.39, 0.29) is 18.0 Å². The molecule has 18 heavy (non-hydrogen) atoms. The molecule has 102 valence electrons. The summed E-state index contributed by atoms with van der Waals surface area (Å²) in [6.45, 7) is 2.15. The molecule has 0 saturated heterocycles. The van der Waals surface area contributed by atoms with Gasteiger partial charge in [0.15, 0.2) is 0 Å². The Morgan fingerprint density at radius 3 is 2.67 bits per heavy atom. The third-order valence-corrected chi connectivity index (χ3v) is 3.89. The summed E-state index contributed by atoms with van der Waals surface area (Å²) >= 11 is 3.41. The first-order valence-electron chi connectivity index (χ1n) is 6.26. The molecule has 0 radical (unpaired) electrons. The van der Waals surface area contributed by atoms with Gasteiger partial charge < -0.3 is 10.1 Å². The molecule has 1 aromatic carbocycles. The number of likely N-dealkylation sites (N-methyl/N-ethyl adjacent to an activating group) is 1. The van der Waals surface area contributed by atoms with Gasteiger partial charge in [-0.25, -0.2) is 4.39 Å². The Bertz CT molecular complexity index is 373. The van der Waals surface area contributed by atoms with Gasteiger partial charge in [-0.1, -0.05) is 35.3 Å². The summed E-state index contributed by atoms with van der Waals surface area (Å²) in [4.78, 5) is 0. The topological polar surface area (TPSA) is 21.3 Å². The summed E-state index contributed by atoms with van der Waals surface area (Å²) in [5, 5.41) is 3.29. The monoisotopic (exact) mass is 317 g/mol. The van der Waals surface area contributed by atoms with E-state index in [1.165, 1.54) is 12.1 Å². The average Bonchev–Trinajstić information content (AvgIpc) is 2.36. The van der Waals surface area contributed by atoms with E-state index < -0.39 is 0 Å². The Morgan fingerprint density at radius 1 is 1.44 bits per heavy atom. The van der Waals surface area contributed by atoms with E-state index >= 15 is 0 Å². The third-order valence-electron chi connectivity index (χ3n) is 3.15. The minimum Gasteiger partial charge on any atom is -0.380 e. The van der Waals surface area contributed by atoms with Crippen molar-refractivity contribution in [3.63, 3.8) is 0 Å². The molecule has 0 aliphatic heterocycles. The molecule has 1 rings (SSSR count). The summed E-state index contributed by atoms with van der Waals surface area (Å²) in [6.07, 6.45) is 3.09. The van der Waals surface area contributed by atoms with E-state index in [1.807, 2.05) is 13.1 Å². The minimum atomic E-state index is -0.219. The number of nitrogens with one attached hydrogen (secondary N) is 1. The van der Waals surface area contributed by atoms with Gasteiger partial charge in [-0.15, -0.1) is 0 Å². The quantitative estimate of drug-likeness (QED) is 0.830. The van der Waals surface area contributed by atoms with Crippen LogP contribution in [0.2, 0.25) is 0 Å². The molecule has 2 nitrogen and oxygen atoms in total. The van der Waals surface area contributed by atoms with Crippen LogP contribution in [-0.2, 0) is 11.2 Å². The molecule has 0 aliphatic rings. The Morgan fingerprint density at radius 2 is 2.17 bits per heavy atom. The molecule has 0 aliphatic carbocycles. The first-order chi connectivity index (χ1) is 8.62. The lowest BCUT2D eigenvalue weighted by atomic mass is 9.98. The van der Waals surface area contributed by atoms with Crippen molar-refractivity contribution in [3.8, 4) is 0 Å². The maximum Gasteiger partial charge on any atom is 0.124 e. The molecular formula is C14H21BrFNO. The molecule has 0 bridgehead atoms. The fourth-order valence-electron chi connectivity index (χ4n) is 2.11. The zero-order chi connectivity index (χ0) is 13.5. The van der Waals surface area contributed by atoms with Gasteiger partial charge in [0.05, 0.1) is 6.10 Å². The first kappa shape index (κ1) is 15.6. The van der Waals surface area contributed by atoms with Crippen molar-refractivity contribution in [1.29, 1.82) is 0 Å². The fourth-order valence-corrected chi connectivity index (χ4v) is 2.62. The number of hydrogen-bond donors (Lipinski definition) is 1. The molecule has 0 fully saturated rings. The second-order valence-electron chi connectivity index (χ2n) is 4.40. The highest BCUT2D eigenvalue weighted by atomic mass is 79.9. The van der Waals surface area contributed by atoms with Crippen LogP contribution in [0.15, 0.2) is 22.7 Å². The Kier molecular flexibility index (Phi) is 6.82. The van der Waals surface area contributed by atoms with Crippen molar-refractivity contribution in [3.05, 3.63) is 34.1 Å². The number of rotatable bonds is 7. The smallest absolute Gasteiger partial charge is 0.124 e. The predicted octanol–water partition coefficient (Wildman–Crippen LogP) is 3.53. The van der Waals surface area contributed by atoms with Crippen LogP contribution in [0.3, 0.4) is 0 Å². The SMILES string of the molecule is CCCC(OC)C(Cc1ccc(F)cc1Br)NC. The summed E-state index contributed by atoms with van der Waals surface area (Å²) in [7, 11) is 3.67. The number of ether oxygens (including phenoxy) is 1. The minimum absolute atomic E-state index is 0.178. The van der Waals surface area contributed by atoms with Gasteiger partial charge in [0.2, 0.25) is 0 Å². The van der Waals surface area contributed by atoms with Crippen molar-refractivity contribution in [1.82, 2.24) is 5.32 Å². The summed E-state index contributed by atoms with van der Waals surface area (Å²) in [6, 6.07) is 5.05. The molecule has 1 N–H and O–H groups in total. The van der Waals surface area contributed by atoms with E-state index in [0.717, 1.165) is 29.3 Å².